The fraction of sp³-hybridized carbons (Fsp3) is 0.500. The Morgan fingerprint density at radius 2 is 1.87 bits per heavy atom. The van der Waals surface area contributed by atoms with Crippen molar-refractivity contribution in [2.45, 2.75) is 51.1 Å². The summed E-state index contributed by atoms with van der Waals surface area (Å²) in [6.07, 6.45) is -2.92. The van der Waals surface area contributed by atoms with Crippen LogP contribution in [0.1, 0.15) is 55.5 Å². The number of hydrogen-bond acceptors (Lipinski definition) is 3. The van der Waals surface area contributed by atoms with Crippen molar-refractivity contribution in [3.63, 3.8) is 0 Å². The first kappa shape index (κ1) is 21.2. The summed E-state index contributed by atoms with van der Waals surface area (Å²) in [5, 5.41) is 6.93. The molecule has 2 aromatic rings. The summed E-state index contributed by atoms with van der Waals surface area (Å²) in [6, 6.07) is 14.1. The maximum atomic E-state index is 13.4. The number of nitrogens with one attached hydrogen (secondary N) is 2. The molecule has 6 heteroatoms. The molecule has 2 heterocycles. The number of anilines is 1. The highest BCUT2D eigenvalue weighted by Crippen LogP contribution is 2.51. The van der Waals surface area contributed by atoms with Gasteiger partial charge in [0.05, 0.1) is 23.8 Å². The summed E-state index contributed by atoms with van der Waals surface area (Å²) in [5.74, 6) is 0.627. The largest absolute Gasteiger partial charge is 0.416 e. The van der Waals surface area contributed by atoms with Gasteiger partial charge in [-0.25, -0.2) is 0 Å². The molecule has 1 fully saturated rings. The zero-order chi connectivity index (χ0) is 21.3. The number of rotatable bonds is 5. The summed E-state index contributed by atoms with van der Waals surface area (Å²) in [6.45, 7) is 5.92. The molecule has 0 aliphatic carbocycles. The molecule has 4 rings (SSSR count). The van der Waals surface area contributed by atoms with E-state index in [-0.39, 0.29) is 24.2 Å². The van der Waals surface area contributed by atoms with Crippen LogP contribution in [0.15, 0.2) is 48.5 Å². The molecule has 0 bridgehead atoms. The fourth-order valence-electron chi connectivity index (χ4n) is 4.61. The van der Waals surface area contributed by atoms with Gasteiger partial charge in [-0.3, -0.25) is 0 Å². The van der Waals surface area contributed by atoms with Gasteiger partial charge in [0.1, 0.15) is 0 Å². The number of alkyl halides is 3. The summed E-state index contributed by atoms with van der Waals surface area (Å²) in [7, 11) is 0. The Balaban J connectivity index is 1.64. The van der Waals surface area contributed by atoms with Gasteiger partial charge >= 0.3 is 6.18 Å². The van der Waals surface area contributed by atoms with Crippen LogP contribution in [0.3, 0.4) is 0 Å². The van der Waals surface area contributed by atoms with Gasteiger partial charge in [0, 0.05) is 23.7 Å². The Morgan fingerprint density at radius 3 is 2.57 bits per heavy atom. The van der Waals surface area contributed by atoms with E-state index in [1.54, 1.807) is 6.07 Å². The lowest BCUT2D eigenvalue weighted by Gasteiger charge is -2.46. The highest BCUT2D eigenvalue weighted by atomic mass is 19.4. The second-order valence-electron chi connectivity index (χ2n) is 8.80. The van der Waals surface area contributed by atoms with Gasteiger partial charge < -0.3 is 15.4 Å². The van der Waals surface area contributed by atoms with Crippen molar-refractivity contribution in [1.29, 1.82) is 0 Å². The molecular formula is C24H29F3N2O. The Bertz CT molecular complexity index is 853. The first-order valence-corrected chi connectivity index (χ1v) is 10.7. The summed E-state index contributed by atoms with van der Waals surface area (Å²) >= 11 is 0. The van der Waals surface area contributed by atoms with Crippen molar-refractivity contribution < 1.29 is 17.9 Å². The van der Waals surface area contributed by atoms with Gasteiger partial charge in [-0.2, -0.15) is 13.2 Å². The third kappa shape index (κ3) is 4.49. The molecule has 0 amide bonds. The molecule has 0 aromatic heterocycles. The lowest BCUT2D eigenvalue weighted by Crippen LogP contribution is -2.42. The standard InChI is InChI=1S/C24H29F3N2O/c1-15(2)13-28-14-18-9-10-19-22(16-6-4-3-5-7-16)29-21-11-8-17(24(25,26)27)12-20(21)23(19)30-18/h3-8,11-12,15,18-19,22-23,28-29H,9-10,13-14H2,1-2H3/t18-,19+,22+,23+/m1/s1. The van der Waals surface area contributed by atoms with E-state index in [4.69, 9.17) is 4.74 Å². The van der Waals surface area contributed by atoms with Gasteiger partial charge in [-0.15, -0.1) is 0 Å². The third-order valence-electron chi connectivity index (χ3n) is 6.06. The fourth-order valence-corrected chi connectivity index (χ4v) is 4.61. The normalized spacial score (nSPS) is 26.1. The first-order chi connectivity index (χ1) is 14.3. The van der Waals surface area contributed by atoms with E-state index >= 15 is 0 Å². The average Bonchev–Trinajstić information content (AvgIpc) is 2.72. The van der Waals surface area contributed by atoms with E-state index in [1.165, 1.54) is 6.07 Å². The van der Waals surface area contributed by atoms with Crippen LogP contribution in [-0.2, 0) is 10.9 Å². The predicted molar refractivity (Wildman–Crippen MR) is 112 cm³/mol. The molecule has 0 spiro atoms. The molecule has 2 aromatic carbocycles. The van der Waals surface area contributed by atoms with E-state index in [2.05, 4.69) is 36.6 Å². The number of hydrogen-bond donors (Lipinski definition) is 2. The second kappa shape index (κ2) is 8.60. The van der Waals surface area contributed by atoms with E-state index in [0.29, 0.717) is 11.5 Å². The lowest BCUT2D eigenvalue weighted by atomic mass is 9.76. The molecule has 0 radical (unpaired) electrons. The van der Waals surface area contributed by atoms with Crippen LogP contribution in [0.4, 0.5) is 18.9 Å². The van der Waals surface area contributed by atoms with Crippen LogP contribution in [0.5, 0.6) is 0 Å². The van der Waals surface area contributed by atoms with E-state index in [0.717, 1.165) is 43.2 Å². The molecule has 30 heavy (non-hydrogen) atoms. The number of benzene rings is 2. The molecule has 2 aliphatic heterocycles. The van der Waals surface area contributed by atoms with Crippen LogP contribution in [0.2, 0.25) is 0 Å². The predicted octanol–water partition coefficient (Wildman–Crippen LogP) is 5.95. The Labute approximate surface area is 176 Å². The molecule has 4 atom stereocenters. The van der Waals surface area contributed by atoms with Crippen molar-refractivity contribution in [3.8, 4) is 0 Å². The summed E-state index contributed by atoms with van der Waals surface area (Å²) in [5.41, 5.74) is 1.87. The molecule has 0 saturated carbocycles. The van der Waals surface area contributed by atoms with E-state index in [1.807, 2.05) is 18.2 Å². The molecule has 162 valence electrons. The average molecular weight is 419 g/mol. The van der Waals surface area contributed by atoms with Gasteiger partial charge in [0.2, 0.25) is 0 Å². The maximum Gasteiger partial charge on any atom is 0.416 e. The highest BCUT2D eigenvalue weighted by molar-refractivity contribution is 5.58. The van der Waals surface area contributed by atoms with Gasteiger partial charge in [0.15, 0.2) is 0 Å². The van der Waals surface area contributed by atoms with Gasteiger partial charge in [-0.1, -0.05) is 44.2 Å². The van der Waals surface area contributed by atoms with E-state index in [9.17, 15) is 13.2 Å². The zero-order valence-corrected chi connectivity index (χ0v) is 17.4. The number of halogens is 3. The minimum atomic E-state index is -4.37. The van der Waals surface area contributed by atoms with Crippen LogP contribution in [0, 0.1) is 11.8 Å². The van der Waals surface area contributed by atoms with Crippen molar-refractivity contribution in [2.24, 2.45) is 11.8 Å². The minimum Gasteiger partial charge on any atom is -0.378 e. The quantitative estimate of drug-likeness (QED) is 0.629. The van der Waals surface area contributed by atoms with Crippen LogP contribution < -0.4 is 10.6 Å². The molecular weight excluding hydrogens is 389 g/mol. The van der Waals surface area contributed by atoms with Gasteiger partial charge in [-0.05, 0) is 49.1 Å². The summed E-state index contributed by atoms with van der Waals surface area (Å²) in [4.78, 5) is 0. The van der Waals surface area contributed by atoms with Crippen LogP contribution in [0.25, 0.3) is 0 Å². The van der Waals surface area contributed by atoms with E-state index < -0.39 is 11.7 Å². The first-order valence-electron chi connectivity index (χ1n) is 10.7. The van der Waals surface area contributed by atoms with Crippen LogP contribution in [-0.4, -0.2) is 19.2 Å². The molecule has 2 N–H and O–H groups in total. The monoisotopic (exact) mass is 418 g/mol. The smallest absolute Gasteiger partial charge is 0.378 e. The van der Waals surface area contributed by atoms with Crippen LogP contribution >= 0.6 is 0 Å². The minimum absolute atomic E-state index is 0.00177. The van der Waals surface area contributed by atoms with Gasteiger partial charge in [0.25, 0.3) is 0 Å². The Hall–Kier alpha value is -2.05. The third-order valence-corrected chi connectivity index (χ3v) is 6.06. The number of fused-ring (bicyclic) bond motifs is 3. The second-order valence-corrected chi connectivity index (χ2v) is 8.80. The SMILES string of the molecule is CC(C)CNC[C@H]1CC[C@@H]2[C@H](O1)c1cc(C(F)(F)F)ccc1N[C@H]2c1ccccc1. The lowest BCUT2D eigenvalue weighted by molar-refractivity contribution is -0.138. The van der Waals surface area contributed by atoms with Crippen molar-refractivity contribution >= 4 is 5.69 Å². The molecule has 0 unspecified atom stereocenters. The Kier molecular flexibility index (Phi) is 6.07. The topological polar surface area (TPSA) is 33.3 Å². The van der Waals surface area contributed by atoms with Crippen molar-refractivity contribution in [1.82, 2.24) is 5.32 Å². The molecule has 3 nitrogen and oxygen atoms in total. The molecule has 2 aliphatic rings. The zero-order valence-electron chi connectivity index (χ0n) is 17.4. The molecule has 1 saturated heterocycles. The highest BCUT2D eigenvalue weighted by Gasteiger charge is 2.43. The number of ether oxygens (including phenoxy) is 1. The maximum absolute atomic E-state index is 13.4. The summed E-state index contributed by atoms with van der Waals surface area (Å²) < 4.78 is 46.6. The Morgan fingerprint density at radius 1 is 1.10 bits per heavy atom. The van der Waals surface area contributed by atoms with Crippen molar-refractivity contribution in [3.05, 3.63) is 65.2 Å². The van der Waals surface area contributed by atoms with Crippen molar-refractivity contribution in [2.75, 3.05) is 18.4 Å².